The van der Waals surface area contributed by atoms with Crippen molar-refractivity contribution in [2.45, 2.75) is 13.0 Å². The molecule has 15 heavy (non-hydrogen) atoms. The van der Waals surface area contributed by atoms with Gasteiger partial charge in [0.15, 0.2) is 18.0 Å². The van der Waals surface area contributed by atoms with Gasteiger partial charge in [-0.25, -0.2) is 9.97 Å². The van der Waals surface area contributed by atoms with Crippen LogP contribution in [0.3, 0.4) is 0 Å². The van der Waals surface area contributed by atoms with Gasteiger partial charge in [-0.15, -0.1) is 0 Å². The molecule has 0 aromatic carbocycles. The van der Waals surface area contributed by atoms with Crippen molar-refractivity contribution in [1.82, 2.24) is 9.97 Å². The predicted molar refractivity (Wildman–Crippen MR) is 54.2 cm³/mol. The van der Waals surface area contributed by atoms with Crippen LogP contribution in [0.15, 0.2) is 35.4 Å². The highest BCUT2D eigenvalue weighted by Crippen LogP contribution is 2.24. The van der Waals surface area contributed by atoms with E-state index in [1.165, 1.54) is 12.7 Å². The number of hydrogen-bond donors (Lipinski definition) is 1. The number of nitrogens with two attached hydrogens (primary N) is 1. The summed E-state index contributed by atoms with van der Waals surface area (Å²) in [4.78, 5) is 7.91. The molecule has 0 bridgehead atoms. The molecule has 2 N–H and O–H groups in total. The molecule has 2 rings (SSSR count). The molecule has 0 saturated carbocycles. The summed E-state index contributed by atoms with van der Waals surface area (Å²) >= 11 is 0. The zero-order valence-electron chi connectivity index (χ0n) is 8.25. The van der Waals surface area contributed by atoms with E-state index >= 15 is 0 Å². The highest BCUT2D eigenvalue weighted by Gasteiger charge is 2.11. The molecule has 2 aromatic heterocycles. The molecule has 0 fully saturated rings. The zero-order chi connectivity index (χ0) is 10.7. The van der Waals surface area contributed by atoms with Crippen molar-refractivity contribution in [2.24, 2.45) is 0 Å². The minimum absolute atomic E-state index is 0.213. The first-order valence-electron chi connectivity index (χ1n) is 4.52. The Kier molecular flexibility index (Phi) is 2.53. The van der Waals surface area contributed by atoms with Crippen LogP contribution in [0, 0.1) is 0 Å². The maximum absolute atomic E-state index is 5.64. The number of nitrogens with zero attached hydrogens (tertiary/aromatic N) is 2. The lowest BCUT2D eigenvalue weighted by Gasteiger charge is -2.12. The standard InChI is InChI=1S/C10H11N3O2/c1-7(8-5-14-6-13-8)15-9-3-2-4-12-10(9)11/h2-7H,1H3,(H2,11,12). The number of aromatic nitrogens is 2. The van der Waals surface area contributed by atoms with Gasteiger partial charge in [-0.1, -0.05) is 0 Å². The van der Waals surface area contributed by atoms with Crippen molar-refractivity contribution in [3.63, 3.8) is 0 Å². The molecule has 1 atom stereocenters. The first-order valence-corrected chi connectivity index (χ1v) is 4.52. The molecule has 0 saturated heterocycles. The second kappa shape index (κ2) is 4.00. The maximum atomic E-state index is 5.64. The fourth-order valence-corrected chi connectivity index (χ4v) is 1.18. The van der Waals surface area contributed by atoms with Gasteiger partial charge >= 0.3 is 0 Å². The molecule has 0 radical (unpaired) electrons. The monoisotopic (exact) mass is 205 g/mol. The lowest BCUT2D eigenvalue weighted by atomic mass is 10.3. The second-order valence-corrected chi connectivity index (χ2v) is 3.06. The van der Waals surface area contributed by atoms with Gasteiger partial charge in [0.05, 0.1) is 0 Å². The van der Waals surface area contributed by atoms with E-state index < -0.39 is 0 Å². The summed E-state index contributed by atoms with van der Waals surface area (Å²) in [5.41, 5.74) is 6.36. The van der Waals surface area contributed by atoms with Crippen LogP contribution in [0.25, 0.3) is 0 Å². The van der Waals surface area contributed by atoms with Crippen LogP contribution >= 0.6 is 0 Å². The number of ether oxygens (including phenoxy) is 1. The molecule has 0 amide bonds. The zero-order valence-corrected chi connectivity index (χ0v) is 8.25. The third kappa shape index (κ3) is 2.07. The van der Waals surface area contributed by atoms with E-state index in [1.807, 2.05) is 6.92 Å². The van der Waals surface area contributed by atoms with E-state index in [9.17, 15) is 0 Å². The smallest absolute Gasteiger partial charge is 0.180 e. The third-order valence-corrected chi connectivity index (χ3v) is 1.97. The Hall–Kier alpha value is -2.04. The van der Waals surface area contributed by atoms with Crippen LogP contribution in [0.4, 0.5) is 5.82 Å². The van der Waals surface area contributed by atoms with Crippen LogP contribution in [0.1, 0.15) is 18.7 Å². The van der Waals surface area contributed by atoms with Crippen LogP contribution in [-0.4, -0.2) is 9.97 Å². The fraction of sp³-hybridized carbons (Fsp3) is 0.200. The predicted octanol–water partition coefficient (Wildman–Crippen LogP) is 1.79. The number of anilines is 1. The Morgan fingerprint density at radius 2 is 2.33 bits per heavy atom. The van der Waals surface area contributed by atoms with Crippen LogP contribution in [-0.2, 0) is 0 Å². The molecule has 0 spiro atoms. The van der Waals surface area contributed by atoms with Crippen LogP contribution in [0.5, 0.6) is 5.75 Å². The molecule has 2 aromatic rings. The second-order valence-electron chi connectivity index (χ2n) is 3.06. The average molecular weight is 205 g/mol. The van der Waals surface area contributed by atoms with Gasteiger partial charge in [0.25, 0.3) is 0 Å². The van der Waals surface area contributed by atoms with Gasteiger partial charge in [0, 0.05) is 6.20 Å². The SMILES string of the molecule is CC(Oc1cccnc1N)c1cocn1. The van der Waals surface area contributed by atoms with E-state index in [2.05, 4.69) is 9.97 Å². The van der Waals surface area contributed by atoms with Crippen molar-refractivity contribution < 1.29 is 9.15 Å². The van der Waals surface area contributed by atoms with Crippen LogP contribution in [0.2, 0.25) is 0 Å². The Bertz CT molecular complexity index is 428. The first-order chi connectivity index (χ1) is 7.27. The highest BCUT2D eigenvalue weighted by atomic mass is 16.5. The summed E-state index contributed by atoms with van der Waals surface area (Å²) in [6.07, 6.45) is 4.30. The minimum atomic E-state index is -0.213. The molecule has 78 valence electrons. The largest absolute Gasteiger partial charge is 0.480 e. The van der Waals surface area contributed by atoms with E-state index in [4.69, 9.17) is 14.9 Å². The Labute approximate surface area is 86.9 Å². The van der Waals surface area contributed by atoms with Crippen molar-refractivity contribution in [3.05, 3.63) is 36.7 Å². The van der Waals surface area contributed by atoms with E-state index in [1.54, 1.807) is 18.3 Å². The Morgan fingerprint density at radius 1 is 1.47 bits per heavy atom. The molecule has 5 nitrogen and oxygen atoms in total. The minimum Gasteiger partial charge on any atom is -0.480 e. The molecule has 2 heterocycles. The van der Waals surface area contributed by atoms with E-state index in [0.717, 1.165) is 5.69 Å². The van der Waals surface area contributed by atoms with Crippen LogP contribution < -0.4 is 10.5 Å². The first kappa shape index (κ1) is 9.51. The summed E-state index contributed by atoms with van der Waals surface area (Å²) in [6, 6.07) is 3.53. The topological polar surface area (TPSA) is 74.2 Å². The number of pyridine rings is 1. The number of rotatable bonds is 3. The van der Waals surface area contributed by atoms with Crippen molar-refractivity contribution >= 4 is 5.82 Å². The molecule has 5 heteroatoms. The van der Waals surface area contributed by atoms with Crippen molar-refractivity contribution in [3.8, 4) is 5.75 Å². The van der Waals surface area contributed by atoms with Crippen molar-refractivity contribution in [2.75, 3.05) is 5.73 Å². The normalized spacial score (nSPS) is 12.3. The van der Waals surface area contributed by atoms with Gasteiger partial charge in [-0.3, -0.25) is 0 Å². The fourth-order valence-electron chi connectivity index (χ4n) is 1.18. The van der Waals surface area contributed by atoms with Gasteiger partial charge in [-0.2, -0.15) is 0 Å². The quantitative estimate of drug-likeness (QED) is 0.826. The average Bonchev–Trinajstić information content (AvgIpc) is 2.74. The highest BCUT2D eigenvalue weighted by molar-refractivity contribution is 5.44. The summed E-state index contributed by atoms with van der Waals surface area (Å²) < 4.78 is 10.4. The van der Waals surface area contributed by atoms with Gasteiger partial charge < -0.3 is 14.9 Å². The number of hydrogen-bond acceptors (Lipinski definition) is 5. The number of oxazole rings is 1. The number of nitrogen functional groups attached to an aromatic ring is 1. The van der Waals surface area contributed by atoms with E-state index in [0.29, 0.717) is 11.6 Å². The lowest BCUT2D eigenvalue weighted by molar-refractivity contribution is 0.222. The van der Waals surface area contributed by atoms with Crippen molar-refractivity contribution in [1.29, 1.82) is 0 Å². The molecule has 0 aliphatic heterocycles. The van der Waals surface area contributed by atoms with E-state index in [-0.39, 0.29) is 6.10 Å². The maximum Gasteiger partial charge on any atom is 0.180 e. The van der Waals surface area contributed by atoms with Gasteiger partial charge in [0.2, 0.25) is 0 Å². The Balaban J connectivity index is 2.13. The summed E-state index contributed by atoms with van der Waals surface area (Å²) in [5.74, 6) is 0.917. The summed E-state index contributed by atoms with van der Waals surface area (Å²) in [7, 11) is 0. The Morgan fingerprint density at radius 3 is 3.00 bits per heavy atom. The molecule has 0 aliphatic carbocycles. The third-order valence-electron chi connectivity index (χ3n) is 1.97. The molecular formula is C10H11N3O2. The summed E-state index contributed by atoms with van der Waals surface area (Å²) in [5, 5.41) is 0. The van der Waals surface area contributed by atoms with Gasteiger partial charge in [0.1, 0.15) is 18.1 Å². The molecule has 1 unspecified atom stereocenters. The van der Waals surface area contributed by atoms with Gasteiger partial charge in [-0.05, 0) is 19.1 Å². The molecule has 0 aliphatic rings. The summed E-state index contributed by atoms with van der Waals surface area (Å²) in [6.45, 7) is 1.87. The lowest BCUT2D eigenvalue weighted by Crippen LogP contribution is -2.05. The molecular weight excluding hydrogens is 194 g/mol.